The number of benzene rings is 2. The Morgan fingerprint density at radius 2 is 1.00 bits per heavy atom. The van der Waals surface area contributed by atoms with E-state index in [9.17, 15) is 19.2 Å². The second-order valence-electron chi connectivity index (χ2n) is 15.0. The summed E-state index contributed by atoms with van der Waals surface area (Å²) in [4.78, 5) is 62.7. The molecule has 0 bridgehead atoms. The van der Waals surface area contributed by atoms with Gasteiger partial charge in [0.25, 0.3) is 0 Å². The van der Waals surface area contributed by atoms with E-state index in [1.165, 1.54) is 0 Å². The molecule has 13 heteroatoms. The third-order valence-electron chi connectivity index (χ3n) is 10.2. The van der Waals surface area contributed by atoms with E-state index in [0.717, 1.165) is 74.2 Å². The molecule has 4 amide bonds. The zero-order valence-electron chi connectivity index (χ0n) is 32.1. The zero-order valence-corrected chi connectivity index (χ0v) is 38.6. The Hall–Kier alpha value is -2.80. The SMILES string of the molecule is Cc1sc([Se]c2sc(C)c(-c3cccc(Br)c3)c2C(=O)NC(C(=O)N2CCCC2)C(C)C)c(C(=O)NC(C(=O)N2CCCC2)C(C)C)c1-c1cccc(Br)c1. The summed E-state index contributed by atoms with van der Waals surface area (Å²) in [5, 5.41) is 6.38. The van der Waals surface area contributed by atoms with Crippen molar-refractivity contribution in [2.75, 3.05) is 26.2 Å². The minimum atomic E-state index is -0.670. The van der Waals surface area contributed by atoms with Crippen molar-refractivity contribution < 1.29 is 19.2 Å². The van der Waals surface area contributed by atoms with Gasteiger partial charge in [-0.3, -0.25) is 0 Å². The molecule has 4 aromatic rings. The average molecular weight is 976 g/mol. The fourth-order valence-electron chi connectivity index (χ4n) is 7.38. The molecule has 2 fully saturated rings. The van der Waals surface area contributed by atoms with E-state index >= 15 is 0 Å². The summed E-state index contributed by atoms with van der Waals surface area (Å²) in [7, 11) is 0. The number of carbonyl (C=O) groups excluding carboxylic acids is 4. The van der Waals surface area contributed by atoms with Crippen molar-refractivity contribution >= 4 is 101 Å². The zero-order chi connectivity index (χ0) is 39.6. The molecule has 6 rings (SSSR count). The van der Waals surface area contributed by atoms with Crippen molar-refractivity contribution in [3.8, 4) is 22.3 Å². The second-order valence-corrected chi connectivity index (χ2v) is 22.6. The van der Waals surface area contributed by atoms with Crippen LogP contribution in [0.5, 0.6) is 0 Å². The second kappa shape index (κ2) is 18.2. The van der Waals surface area contributed by atoms with Gasteiger partial charge >= 0.3 is 358 Å². The van der Waals surface area contributed by atoms with E-state index in [0.29, 0.717) is 37.3 Å². The van der Waals surface area contributed by atoms with Crippen LogP contribution in [0.25, 0.3) is 22.3 Å². The number of hydrogen-bond donors (Lipinski definition) is 2. The Morgan fingerprint density at radius 3 is 1.33 bits per heavy atom. The average Bonchev–Trinajstić information content (AvgIpc) is 3.96. The topological polar surface area (TPSA) is 98.8 Å². The molecule has 8 nitrogen and oxygen atoms in total. The number of likely N-dealkylation sites (tertiary alicyclic amines) is 2. The van der Waals surface area contributed by atoms with Crippen molar-refractivity contribution in [3.63, 3.8) is 0 Å². The van der Waals surface area contributed by atoms with Crippen molar-refractivity contribution in [3.05, 3.63) is 78.4 Å². The van der Waals surface area contributed by atoms with Gasteiger partial charge in [-0.2, -0.15) is 0 Å². The van der Waals surface area contributed by atoms with Crippen molar-refractivity contribution in [1.82, 2.24) is 20.4 Å². The van der Waals surface area contributed by atoms with E-state index in [4.69, 9.17) is 0 Å². The van der Waals surface area contributed by atoms with Crippen molar-refractivity contribution in [2.45, 2.75) is 79.3 Å². The van der Waals surface area contributed by atoms with Gasteiger partial charge in [-0.1, -0.05) is 0 Å². The van der Waals surface area contributed by atoms with E-state index < -0.39 is 27.0 Å². The van der Waals surface area contributed by atoms with Gasteiger partial charge in [0.05, 0.1) is 0 Å². The summed E-state index contributed by atoms with van der Waals surface area (Å²) in [6, 6.07) is 14.5. The van der Waals surface area contributed by atoms with Gasteiger partial charge in [0.15, 0.2) is 0 Å². The van der Waals surface area contributed by atoms with Gasteiger partial charge in [-0.15, -0.1) is 0 Å². The summed E-state index contributed by atoms with van der Waals surface area (Å²) in [6.45, 7) is 14.8. The first-order chi connectivity index (χ1) is 26.2. The van der Waals surface area contributed by atoms with Crippen LogP contribution in [0.4, 0.5) is 0 Å². The number of amides is 4. The van der Waals surface area contributed by atoms with E-state index in [1.807, 2.05) is 99.9 Å². The molecule has 2 aromatic heterocycles. The maximum absolute atomic E-state index is 14.8. The van der Waals surface area contributed by atoms with Crippen LogP contribution in [0.1, 0.15) is 83.8 Å². The summed E-state index contributed by atoms with van der Waals surface area (Å²) in [5.74, 6) is -0.882. The molecule has 0 radical (unpaired) electrons. The molecular formula is C42H48Br2N4O4S2Se. The minimum absolute atomic E-state index is 0.0430. The fraction of sp³-hybridized carbons (Fsp3) is 0.429. The van der Waals surface area contributed by atoms with Crippen LogP contribution < -0.4 is 18.2 Å². The molecule has 2 aromatic carbocycles. The van der Waals surface area contributed by atoms with E-state index in [-0.39, 0.29) is 35.5 Å². The Labute approximate surface area is 355 Å². The van der Waals surface area contributed by atoms with Crippen LogP contribution >= 0.6 is 54.5 Å². The Morgan fingerprint density at radius 1 is 0.636 bits per heavy atom. The molecule has 2 saturated heterocycles. The Kier molecular flexibility index (Phi) is 13.8. The molecule has 0 spiro atoms. The molecule has 292 valence electrons. The summed E-state index contributed by atoms with van der Waals surface area (Å²) in [5.41, 5.74) is 4.56. The van der Waals surface area contributed by atoms with Gasteiger partial charge in [-0.05, 0) is 0 Å². The van der Waals surface area contributed by atoms with Crippen LogP contribution in [0.2, 0.25) is 0 Å². The monoisotopic (exact) mass is 974 g/mol. The molecule has 0 saturated carbocycles. The summed E-state index contributed by atoms with van der Waals surface area (Å²) < 4.78 is 3.54. The molecule has 2 N–H and O–H groups in total. The summed E-state index contributed by atoms with van der Waals surface area (Å²) >= 11 is 9.91. The third-order valence-corrected chi connectivity index (χ3v) is 16.6. The van der Waals surface area contributed by atoms with Gasteiger partial charge in [0, 0.05) is 0 Å². The van der Waals surface area contributed by atoms with Crippen LogP contribution in [0.3, 0.4) is 0 Å². The van der Waals surface area contributed by atoms with E-state index in [2.05, 4.69) is 42.5 Å². The normalized spacial score (nSPS) is 15.5. The standard InChI is InChI=1S/C42H48Br2N4O4S2Se/c1-23(2)35(39(51)47-17-7-8-18-47)45-37(49)33-31(27-13-11-15-29(43)21-27)25(5)53-41(33)55-42-34(32(26(6)54-42)28-14-12-16-30(44)22-28)38(50)46-36(24(3)4)40(52)48-19-9-10-20-48/h11-16,21-24,35-36H,7-10,17-20H2,1-6H3,(H,45,49)(H,46,50). The number of halogens is 2. The Bertz CT molecular complexity index is 1940. The molecule has 0 aliphatic carbocycles. The summed E-state index contributed by atoms with van der Waals surface area (Å²) in [6.07, 6.45) is 3.87. The van der Waals surface area contributed by atoms with Crippen LogP contribution in [0, 0.1) is 25.7 Å². The number of hydrogen-bond acceptors (Lipinski definition) is 6. The number of nitrogens with one attached hydrogen (secondary N) is 2. The van der Waals surface area contributed by atoms with Crippen LogP contribution in [-0.4, -0.2) is 86.6 Å². The quantitative estimate of drug-likeness (QED) is 0.142. The Balaban J connectivity index is 1.46. The first kappa shape index (κ1) is 41.8. The van der Waals surface area contributed by atoms with E-state index in [1.54, 1.807) is 22.7 Å². The fourth-order valence-corrected chi connectivity index (χ4v) is 14.9. The number of rotatable bonds is 12. The predicted molar refractivity (Wildman–Crippen MR) is 233 cm³/mol. The first-order valence-electron chi connectivity index (χ1n) is 18.9. The first-order valence-corrected chi connectivity index (χ1v) is 23.8. The van der Waals surface area contributed by atoms with Crippen molar-refractivity contribution in [1.29, 1.82) is 0 Å². The molecular weight excluding hydrogens is 927 g/mol. The molecule has 2 unspecified atom stereocenters. The van der Waals surface area contributed by atoms with Crippen LogP contribution in [0.15, 0.2) is 57.5 Å². The van der Waals surface area contributed by atoms with Crippen LogP contribution in [-0.2, 0) is 9.59 Å². The van der Waals surface area contributed by atoms with Gasteiger partial charge in [-0.25, -0.2) is 0 Å². The number of carbonyl (C=O) groups is 4. The maximum atomic E-state index is 14.8. The molecule has 4 heterocycles. The third kappa shape index (κ3) is 9.34. The van der Waals surface area contributed by atoms with Gasteiger partial charge in [0.2, 0.25) is 0 Å². The number of nitrogens with zero attached hydrogens (tertiary/aromatic N) is 2. The van der Waals surface area contributed by atoms with Crippen molar-refractivity contribution in [2.24, 2.45) is 11.8 Å². The molecule has 2 aliphatic heterocycles. The molecule has 2 atom stereocenters. The molecule has 55 heavy (non-hydrogen) atoms. The van der Waals surface area contributed by atoms with Gasteiger partial charge < -0.3 is 0 Å². The van der Waals surface area contributed by atoms with Gasteiger partial charge in [0.1, 0.15) is 0 Å². The molecule has 2 aliphatic rings. The predicted octanol–water partition coefficient (Wildman–Crippen LogP) is 7.69. The number of aryl methyl sites for hydroxylation is 2. The number of thiophene rings is 2.